The molecule has 0 amide bonds. The van der Waals surface area contributed by atoms with Gasteiger partial charge in [-0.25, -0.2) is 0 Å². The zero-order chi connectivity index (χ0) is 18.8. The van der Waals surface area contributed by atoms with Crippen molar-refractivity contribution in [2.45, 2.75) is 103 Å². The molecule has 0 heterocycles. The van der Waals surface area contributed by atoms with Gasteiger partial charge in [-0.1, -0.05) is 64.0 Å². The summed E-state index contributed by atoms with van der Waals surface area (Å²) in [6, 6.07) is 0. The first-order valence-electron chi connectivity index (χ1n) is 10.3. The Balaban J connectivity index is 3.58. The summed E-state index contributed by atoms with van der Waals surface area (Å²) in [6.07, 6.45) is 18.6. The van der Waals surface area contributed by atoms with E-state index in [1.165, 1.54) is 44.9 Å². The van der Waals surface area contributed by atoms with E-state index >= 15 is 0 Å². The Hall–Kier alpha value is -0.870. The minimum atomic E-state index is -0.826. The number of rotatable bonds is 18. The SMILES string of the molecule is CCCCCCCCC=CCCCCCC(CC(=O)O)CC(O)CO. The van der Waals surface area contributed by atoms with Gasteiger partial charge in [-0.05, 0) is 44.4 Å². The number of unbranched alkanes of at least 4 members (excludes halogenated alkanes) is 9. The van der Waals surface area contributed by atoms with Crippen molar-refractivity contribution >= 4 is 5.97 Å². The molecule has 3 N–H and O–H groups in total. The predicted molar refractivity (Wildman–Crippen MR) is 104 cm³/mol. The number of carboxylic acid groups (broad SMARTS) is 1. The number of hydrogen-bond acceptors (Lipinski definition) is 3. The normalized spacial score (nSPS) is 14.0. The van der Waals surface area contributed by atoms with Gasteiger partial charge in [-0.15, -0.1) is 0 Å². The van der Waals surface area contributed by atoms with Crippen LogP contribution in [0, 0.1) is 5.92 Å². The smallest absolute Gasteiger partial charge is 0.303 e. The van der Waals surface area contributed by atoms with Gasteiger partial charge in [0, 0.05) is 6.42 Å². The molecule has 25 heavy (non-hydrogen) atoms. The van der Waals surface area contributed by atoms with E-state index in [9.17, 15) is 9.90 Å². The molecule has 0 aliphatic heterocycles. The summed E-state index contributed by atoms with van der Waals surface area (Å²) in [5.74, 6) is -0.865. The fraction of sp³-hybridized carbons (Fsp3) is 0.857. The number of carbonyl (C=O) groups is 1. The topological polar surface area (TPSA) is 77.8 Å². The number of carboxylic acids is 1. The number of aliphatic hydroxyl groups excluding tert-OH is 2. The zero-order valence-corrected chi connectivity index (χ0v) is 16.2. The van der Waals surface area contributed by atoms with Crippen LogP contribution in [0.4, 0.5) is 0 Å². The lowest BCUT2D eigenvalue weighted by Gasteiger charge is -2.17. The molecule has 0 saturated heterocycles. The van der Waals surface area contributed by atoms with Crippen LogP contribution in [-0.2, 0) is 4.79 Å². The highest BCUT2D eigenvalue weighted by Crippen LogP contribution is 2.20. The average molecular weight is 357 g/mol. The van der Waals surface area contributed by atoms with E-state index in [1.54, 1.807) is 0 Å². The Labute approximate surface area is 154 Å². The molecule has 0 radical (unpaired) electrons. The van der Waals surface area contributed by atoms with Crippen molar-refractivity contribution < 1.29 is 20.1 Å². The molecule has 0 bridgehead atoms. The van der Waals surface area contributed by atoms with E-state index in [4.69, 9.17) is 10.2 Å². The van der Waals surface area contributed by atoms with Crippen LogP contribution in [0.3, 0.4) is 0 Å². The molecule has 0 aromatic carbocycles. The first-order valence-corrected chi connectivity index (χ1v) is 10.3. The molecule has 0 fully saturated rings. The van der Waals surface area contributed by atoms with Crippen molar-refractivity contribution in [3.63, 3.8) is 0 Å². The first kappa shape index (κ1) is 24.1. The van der Waals surface area contributed by atoms with E-state index in [0.717, 1.165) is 32.1 Å². The molecule has 0 spiro atoms. The standard InChI is InChI=1S/C21H40O4/c1-2-3-4-5-6-7-8-9-10-11-12-13-14-15-19(17-21(24)25)16-20(23)18-22/h9-10,19-20,22-23H,2-8,11-18H2,1H3,(H,24,25). The summed E-state index contributed by atoms with van der Waals surface area (Å²) >= 11 is 0. The maximum atomic E-state index is 10.9. The number of aliphatic hydroxyl groups is 2. The Kier molecular flexibility index (Phi) is 17.3. The van der Waals surface area contributed by atoms with Crippen molar-refractivity contribution in [2.24, 2.45) is 5.92 Å². The van der Waals surface area contributed by atoms with E-state index in [0.29, 0.717) is 6.42 Å². The Bertz CT molecular complexity index is 328. The van der Waals surface area contributed by atoms with Gasteiger partial charge in [0.25, 0.3) is 0 Å². The highest BCUT2D eigenvalue weighted by Gasteiger charge is 2.16. The molecule has 0 aromatic rings. The molecule has 0 aliphatic carbocycles. The third-order valence-electron chi connectivity index (χ3n) is 4.65. The van der Waals surface area contributed by atoms with Crippen molar-refractivity contribution in [3.8, 4) is 0 Å². The summed E-state index contributed by atoms with van der Waals surface area (Å²) in [7, 11) is 0. The maximum absolute atomic E-state index is 10.9. The second kappa shape index (κ2) is 17.9. The third kappa shape index (κ3) is 17.7. The van der Waals surface area contributed by atoms with E-state index in [2.05, 4.69) is 19.1 Å². The summed E-state index contributed by atoms with van der Waals surface area (Å²) in [4.78, 5) is 10.9. The molecule has 2 atom stereocenters. The number of allylic oxidation sites excluding steroid dienone is 2. The largest absolute Gasteiger partial charge is 0.481 e. The van der Waals surface area contributed by atoms with Crippen LogP contribution in [0.5, 0.6) is 0 Å². The van der Waals surface area contributed by atoms with Crippen LogP contribution in [-0.4, -0.2) is 34.0 Å². The molecule has 0 saturated carbocycles. The van der Waals surface area contributed by atoms with Gasteiger partial charge in [0.05, 0.1) is 12.7 Å². The van der Waals surface area contributed by atoms with E-state index < -0.39 is 12.1 Å². The number of hydrogen-bond donors (Lipinski definition) is 3. The third-order valence-corrected chi connectivity index (χ3v) is 4.65. The monoisotopic (exact) mass is 356 g/mol. The quantitative estimate of drug-likeness (QED) is 0.236. The lowest BCUT2D eigenvalue weighted by atomic mass is 9.92. The molecular formula is C21H40O4. The van der Waals surface area contributed by atoms with Gasteiger partial charge in [-0.3, -0.25) is 4.79 Å². The van der Waals surface area contributed by atoms with Crippen molar-refractivity contribution in [2.75, 3.05) is 6.61 Å². The fourth-order valence-electron chi connectivity index (χ4n) is 3.16. The van der Waals surface area contributed by atoms with Gasteiger partial charge in [0.1, 0.15) is 0 Å². The van der Waals surface area contributed by atoms with Crippen LogP contribution < -0.4 is 0 Å². The van der Waals surface area contributed by atoms with Gasteiger partial charge < -0.3 is 15.3 Å². The minimum absolute atomic E-state index is 0.0390. The fourth-order valence-corrected chi connectivity index (χ4v) is 3.16. The van der Waals surface area contributed by atoms with E-state index in [-0.39, 0.29) is 18.9 Å². The summed E-state index contributed by atoms with van der Waals surface area (Å²) in [5, 5.41) is 27.3. The molecule has 0 aromatic heterocycles. The molecule has 0 rings (SSSR count). The Morgan fingerprint density at radius 2 is 1.48 bits per heavy atom. The van der Waals surface area contributed by atoms with Crippen molar-refractivity contribution in [1.29, 1.82) is 0 Å². The summed E-state index contributed by atoms with van der Waals surface area (Å²) < 4.78 is 0. The van der Waals surface area contributed by atoms with Crippen molar-refractivity contribution in [1.82, 2.24) is 0 Å². The highest BCUT2D eigenvalue weighted by molar-refractivity contribution is 5.67. The minimum Gasteiger partial charge on any atom is -0.481 e. The predicted octanol–water partition coefficient (Wildman–Crippen LogP) is 5.08. The van der Waals surface area contributed by atoms with E-state index in [1.807, 2.05) is 0 Å². The summed E-state index contributed by atoms with van der Waals surface area (Å²) in [6.45, 7) is 1.95. The highest BCUT2D eigenvalue weighted by atomic mass is 16.4. The van der Waals surface area contributed by atoms with Crippen LogP contribution in [0.15, 0.2) is 12.2 Å². The van der Waals surface area contributed by atoms with Gasteiger partial charge >= 0.3 is 5.97 Å². The lowest BCUT2D eigenvalue weighted by molar-refractivity contribution is -0.138. The second-order valence-corrected chi connectivity index (χ2v) is 7.20. The molecule has 4 nitrogen and oxygen atoms in total. The van der Waals surface area contributed by atoms with Crippen LogP contribution in [0.25, 0.3) is 0 Å². The molecule has 2 unspecified atom stereocenters. The molecule has 0 aliphatic rings. The van der Waals surface area contributed by atoms with Crippen LogP contribution in [0.1, 0.15) is 96.8 Å². The van der Waals surface area contributed by atoms with Crippen molar-refractivity contribution in [3.05, 3.63) is 12.2 Å². The Morgan fingerprint density at radius 3 is 2.04 bits per heavy atom. The maximum Gasteiger partial charge on any atom is 0.303 e. The van der Waals surface area contributed by atoms with Gasteiger partial charge in [-0.2, -0.15) is 0 Å². The Morgan fingerprint density at radius 1 is 0.920 bits per heavy atom. The van der Waals surface area contributed by atoms with Crippen LogP contribution in [0.2, 0.25) is 0 Å². The summed E-state index contributed by atoms with van der Waals surface area (Å²) in [5.41, 5.74) is 0. The average Bonchev–Trinajstić information content (AvgIpc) is 2.58. The number of aliphatic carboxylic acids is 1. The van der Waals surface area contributed by atoms with Crippen LogP contribution >= 0.6 is 0 Å². The van der Waals surface area contributed by atoms with Gasteiger partial charge in [0.15, 0.2) is 0 Å². The molecular weight excluding hydrogens is 316 g/mol. The lowest BCUT2D eigenvalue weighted by Crippen LogP contribution is -2.19. The zero-order valence-electron chi connectivity index (χ0n) is 16.2. The second-order valence-electron chi connectivity index (χ2n) is 7.20. The first-order chi connectivity index (χ1) is 12.1. The molecule has 148 valence electrons. The molecule has 4 heteroatoms. The van der Waals surface area contributed by atoms with Gasteiger partial charge in [0.2, 0.25) is 0 Å².